The number of aromatic hydroxyl groups is 1. The standard InChI is InChI=1S/C21H17Cl2N3O4/c1-11-20(29)19(21(30)24-10-18(27)28)26-17(25-11)8-12-2-4-13(5-3-12)15-7-6-14(22)9-16(15)23/h2-7,9,29H,8,10H2,1H3,(H,24,30)(H,27,28). The van der Waals surface area contributed by atoms with Crippen molar-refractivity contribution in [2.24, 2.45) is 0 Å². The van der Waals surface area contributed by atoms with Crippen molar-refractivity contribution in [2.45, 2.75) is 13.3 Å². The monoisotopic (exact) mass is 445 g/mol. The van der Waals surface area contributed by atoms with Gasteiger partial charge in [0.15, 0.2) is 11.4 Å². The minimum absolute atomic E-state index is 0.227. The lowest BCUT2D eigenvalue weighted by Gasteiger charge is -2.10. The third-order valence-corrected chi connectivity index (χ3v) is 4.83. The van der Waals surface area contributed by atoms with E-state index in [1.165, 1.54) is 0 Å². The first-order chi connectivity index (χ1) is 14.2. The van der Waals surface area contributed by atoms with Gasteiger partial charge in [0.05, 0.1) is 5.69 Å². The summed E-state index contributed by atoms with van der Waals surface area (Å²) in [6.45, 7) is 0.964. The molecule has 0 saturated heterocycles. The SMILES string of the molecule is Cc1nc(Cc2ccc(-c3ccc(Cl)cc3Cl)cc2)nc(C(=O)NCC(=O)O)c1O. The van der Waals surface area contributed by atoms with Crippen LogP contribution in [0.25, 0.3) is 11.1 Å². The van der Waals surface area contributed by atoms with Gasteiger partial charge in [-0.2, -0.15) is 0 Å². The van der Waals surface area contributed by atoms with Gasteiger partial charge < -0.3 is 15.5 Å². The van der Waals surface area contributed by atoms with Gasteiger partial charge in [-0.25, -0.2) is 9.97 Å². The number of carboxylic acids is 1. The maximum atomic E-state index is 12.1. The molecular weight excluding hydrogens is 429 g/mol. The van der Waals surface area contributed by atoms with E-state index in [1.807, 2.05) is 30.3 Å². The van der Waals surface area contributed by atoms with Gasteiger partial charge >= 0.3 is 5.97 Å². The van der Waals surface area contributed by atoms with E-state index >= 15 is 0 Å². The lowest BCUT2D eigenvalue weighted by molar-refractivity contribution is -0.135. The number of aliphatic carboxylic acids is 1. The lowest BCUT2D eigenvalue weighted by Crippen LogP contribution is -2.30. The maximum Gasteiger partial charge on any atom is 0.322 e. The second-order valence-electron chi connectivity index (χ2n) is 6.50. The van der Waals surface area contributed by atoms with Crippen LogP contribution in [0.2, 0.25) is 10.0 Å². The fraction of sp³-hybridized carbons (Fsp3) is 0.143. The average Bonchev–Trinajstić information content (AvgIpc) is 2.69. The van der Waals surface area contributed by atoms with Crippen molar-refractivity contribution in [2.75, 3.05) is 6.54 Å². The summed E-state index contributed by atoms with van der Waals surface area (Å²) in [5.41, 5.74) is 2.61. The van der Waals surface area contributed by atoms with Crippen LogP contribution in [-0.2, 0) is 11.2 Å². The Hall–Kier alpha value is -3.16. The zero-order chi connectivity index (χ0) is 21.8. The first-order valence-corrected chi connectivity index (χ1v) is 9.61. The fourth-order valence-electron chi connectivity index (χ4n) is 2.81. The number of carboxylic acid groups (broad SMARTS) is 1. The Bertz CT molecular complexity index is 1120. The Kier molecular flexibility index (Phi) is 6.54. The predicted molar refractivity (Wildman–Crippen MR) is 113 cm³/mol. The number of amides is 1. The molecule has 0 unspecified atom stereocenters. The Morgan fingerprint density at radius 2 is 1.77 bits per heavy atom. The molecule has 3 rings (SSSR count). The molecule has 0 radical (unpaired) electrons. The number of aryl methyl sites for hydroxylation is 1. The first kappa shape index (κ1) is 21.5. The largest absolute Gasteiger partial charge is 0.504 e. The second-order valence-corrected chi connectivity index (χ2v) is 7.34. The highest BCUT2D eigenvalue weighted by Gasteiger charge is 2.18. The van der Waals surface area contributed by atoms with Crippen molar-refractivity contribution in [3.05, 3.63) is 75.3 Å². The summed E-state index contributed by atoms with van der Waals surface area (Å²) in [5, 5.41) is 22.1. The van der Waals surface area contributed by atoms with Crippen LogP contribution in [0.1, 0.15) is 27.6 Å². The third kappa shape index (κ3) is 5.06. The minimum atomic E-state index is -1.20. The molecule has 3 N–H and O–H groups in total. The van der Waals surface area contributed by atoms with Crippen molar-refractivity contribution >= 4 is 35.1 Å². The molecule has 30 heavy (non-hydrogen) atoms. The molecular formula is C21H17Cl2N3O4. The van der Waals surface area contributed by atoms with E-state index in [4.69, 9.17) is 28.3 Å². The van der Waals surface area contributed by atoms with Crippen LogP contribution >= 0.6 is 23.2 Å². The summed E-state index contributed by atoms with van der Waals surface area (Å²) >= 11 is 12.2. The van der Waals surface area contributed by atoms with Crippen LogP contribution < -0.4 is 5.32 Å². The van der Waals surface area contributed by atoms with Crippen molar-refractivity contribution < 1.29 is 19.8 Å². The molecule has 1 aromatic heterocycles. The Morgan fingerprint density at radius 3 is 2.40 bits per heavy atom. The van der Waals surface area contributed by atoms with E-state index in [1.54, 1.807) is 19.1 Å². The number of carbonyl (C=O) groups is 2. The topological polar surface area (TPSA) is 112 Å². The number of carbonyl (C=O) groups excluding carboxylic acids is 1. The maximum absolute atomic E-state index is 12.1. The van der Waals surface area contributed by atoms with Crippen molar-refractivity contribution in [3.63, 3.8) is 0 Å². The summed E-state index contributed by atoms with van der Waals surface area (Å²) in [7, 11) is 0. The number of halogens is 2. The molecule has 0 spiro atoms. The molecule has 0 aliphatic heterocycles. The summed E-state index contributed by atoms with van der Waals surface area (Å²) in [4.78, 5) is 31.1. The normalized spacial score (nSPS) is 10.6. The Labute approximate surface area is 182 Å². The number of rotatable bonds is 6. The van der Waals surface area contributed by atoms with Gasteiger partial charge in [0.2, 0.25) is 0 Å². The van der Waals surface area contributed by atoms with Gasteiger partial charge in [0.1, 0.15) is 12.4 Å². The predicted octanol–water partition coefficient (Wildman–Crippen LogP) is 3.87. The number of nitrogens with zero attached hydrogens (tertiary/aromatic N) is 2. The van der Waals surface area contributed by atoms with Crippen LogP contribution in [0.15, 0.2) is 42.5 Å². The van der Waals surface area contributed by atoms with Crippen molar-refractivity contribution in [3.8, 4) is 16.9 Å². The van der Waals surface area contributed by atoms with Gasteiger partial charge in [-0.05, 0) is 30.2 Å². The van der Waals surface area contributed by atoms with Gasteiger partial charge in [-0.3, -0.25) is 9.59 Å². The molecule has 1 amide bonds. The number of hydrogen-bond acceptors (Lipinski definition) is 5. The quantitative estimate of drug-likeness (QED) is 0.530. The van der Waals surface area contributed by atoms with Crippen LogP contribution in [-0.4, -0.2) is 38.6 Å². The van der Waals surface area contributed by atoms with Crippen LogP contribution in [0.4, 0.5) is 0 Å². The van der Waals surface area contributed by atoms with Gasteiger partial charge in [-0.1, -0.05) is 53.5 Å². The van der Waals surface area contributed by atoms with E-state index in [0.717, 1.165) is 16.7 Å². The Morgan fingerprint density at radius 1 is 1.07 bits per heavy atom. The molecule has 9 heteroatoms. The van der Waals surface area contributed by atoms with E-state index in [0.29, 0.717) is 22.3 Å². The number of benzene rings is 2. The minimum Gasteiger partial charge on any atom is -0.504 e. The third-order valence-electron chi connectivity index (χ3n) is 4.28. The molecule has 154 valence electrons. The molecule has 0 aliphatic carbocycles. The smallest absolute Gasteiger partial charge is 0.322 e. The van der Waals surface area contributed by atoms with E-state index in [2.05, 4.69) is 15.3 Å². The van der Waals surface area contributed by atoms with Gasteiger partial charge in [0.25, 0.3) is 5.91 Å². The van der Waals surface area contributed by atoms with E-state index in [-0.39, 0.29) is 17.1 Å². The molecule has 1 heterocycles. The zero-order valence-electron chi connectivity index (χ0n) is 15.8. The summed E-state index contributed by atoms with van der Waals surface area (Å²) in [5.74, 6) is -2.04. The lowest BCUT2D eigenvalue weighted by atomic mass is 10.0. The first-order valence-electron chi connectivity index (χ1n) is 8.85. The second kappa shape index (κ2) is 9.11. The van der Waals surface area contributed by atoms with E-state index in [9.17, 15) is 14.7 Å². The molecule has 0 atom stereocenters. The van der Waals surface area contributed by atoms with Crippen LogP contribution in [0.5, 0.6) is 5.75 Å². The zero-order valence-corrected chi connectivity index (χ0v) is 17.3. The summed E-state index contributed by atoms with van der Waals surface area (Å²) in [6, 6.07) is 12.9. The van der Waals surface area contributed by atoms with Crippen molar-refractivity contribution in [1.29, 1.82) is 0 Å². The molecule has 0 saturated carbocycles. The number of aromatic nitrogens is 2. The number of hydrogen-bond donors (Lipinski definition) is 3. The molecule has 0 bridgehead atoms. The van der Waals surface area contributed by atoms with Crippen molar-refractivity contribution in [1.82, 2.24) is 15.3 Å². The van der Waals surface area contributed by atoms with Gasteiger partial charge in [-0.15, -0.1) is 0 Å². The fourth-order valence-corrected chi connectivity index (χ4v) is 3.33. The molecule has 2 aromatic carbocycles. The molecule has 0 aliphatic rings. The molecule has 0 fully saturated rings. The van der Waals surface area contributed by atoms with Crippen LogP contribution in [0.3, 0.4) is 0 Å². The molecule has 3 aromatic rings. The summed E-state index contributed by atoms with van der Waals surface area (Å²) in [6.07, 6.45) is 0.314. The molecule has 7 nitrogen and oxygen atoms in total. The van der Waals surface area contributed by atoms with E-state index < -0.39 is 18.4 Å². The Balaban J connectivity index is 1.82. The highest BCUT2D eigenvalue weighted by Crippen LogP contribution is 2.30. The average molecular weight is 446 g/mol. The van der Waals surface area contributed by atoms with Gasteiger partial charge in [0, 0.05) is 22.0 Å². The highest BCUT2D eigenvalue weighted by atomic mass is 35.5. The summed E-state index contributed by atoms with van der Waals surface area (Å²) < 4.78 is 0. The number of nitrogens with one attached hydrogen (secondary N) is 1. The van der Waals surface area contributed by atoms with Crippen LogP contribution in [0, 0.1) is 6.92 Å². The highest BCUT2D eigenvalue weighted by molar-refractivity contribution is 6.36.